The number of hydrogen-bond donors (Lipinski definition) is 0. The number of nitrogens with zero attached hydrogens (tertiary/aromatic N) is 2. The molecule has 0 bridgehead atoms. The third kappa shape index (κ3) is 4.03. The predicted molar refractivity (Wildman–Crippen MR) is 105 cm³/mol. The van der Waals surface area contributed by atoms with Gasteiger partial charge in [0.15, 0.2) is 0 Å². The number of anilines is 1. The molecular formula is C21H24N2O5. The molecule has 2 aromatic carbocycles. The average molecular weight is 384 g/mol. The smallest absolute Gasteiger partial charge is 0.263 e. The van der Waals surface area contributed by atoms with E-state index in [0.717, 1.165) is 6.42 Å². The number of likely N-dealkylation sites (tertiary alicyclic amines) is 1. The van der Waals surface area contributed by atoms with Gasteiger partial charge >= 0.3 is 0 Å². The molecule has 28 heavy (non-hydrogen) atoms. The third-order valence-corrected chi connectivity index (χ3v) is 4.75. The minimum Gasteiger partial charge on any atom is -0.497 e. The van der Waals surface area contributed by atoms with Crippen LogP contribution < -0.4 is 19.1 Å². The maximum atomic E-state index is 13.4. The second kappa shape index (κ2) is 8.65. The molecule has 148 valence electrons. The van der Waals surface area contributed by atoms with E-state index in [9.17, 15) is 9.59 Å². The van der Waals surface area contributed by atoms with Crippen LogP contribution in [0.3, 0.4) is 0 Å². The number of carbonyl (C=O) groups excluding carboxylic acids is 2. The molecule has 1 heterocycles. The fourth-order valence-corrected chi connectivity index (χ4v) is 3.17. The van der Waals surface area contributed by atoms with Crippen LogP contribution in [0.4, 0.5) is 5.69 Å². The second-order valence-electron chi connectivity index (χ2n) is 6.40. The summed E-state index contributed by atoms with van der Waals surface area (Å²) in [5, 5.41) is 0. The van der Waals surface area contributed by atoms with Gasteiger partial charge in [-0.15, -0.1) is 0 Å². The van der Waals surface area contributed by atoms with Gasteiger partial charge in [-0.1, -0.05) is 0 Å². The van der Waals surface area contributed by atoms with Gasteiger partial charge in [0.25, 0.3) is 5.91 Å². The van der Waals surface area contributed by atoms with Gasteiger partial charge in [0.1, 0.15) is 23.9 Å². The lowest BCUT2D eigenvalue weighted by molar-refractivity contribution is -0.127. The van der Waals surface area contributed by atoms with E-state index in [4.69, 9.17) is 14.2 Å². The Hall–Kier alpha value is -3.22. The van der Waals surface area contributed by atoms with E-state index >= 15 is 0 Å². The summed E-state index contributed by atoms with van der Waals surface area (Å²) in [6.45, 7) is 0.817. The summed E-state index contributed by atoms with van der Waals surface area (Å²) < 4.78 is 15.8. The first-order chi connectivity index (χ1) is 13.6. The maximum absolute atomic E-state index is 13.4. The van der Waals surface area contributed by atoms with Gasteiger partial charge in [0.2, 0.25) is 5.91 Å². The summed E-state index contributed by atoms with van der Waals surface area (Å²) in [5.74, 6) is 1.49. The van der Waals surface area contributed by atoms with Crippen LogP contribution in [0.5, 0.6) is 17.2 Å². The topological polar surface area (TPSA) is 68.3 Å². The lowest BCUT2D eigenvalue weighted by atomic mass is 10.1. The molecule has 2 aromatic rings. The third-order valence-electron chi connectivity index (χ3n) is 4.75. The zero-order valence-electron chi connectivity index (χ0n) is 16.3. The molecule has 0 unspecified atom stereocenters. The van der Waals surface area contributed by atoms with Crippen molar-refractivity contribution in [1.82, 2.24) is 4.90 Å². The van der Waals surface area contributed by atoms with Crippen molar-refractivity contribution in [2.45, 2.75) is 12.8 Å². The SMILES string of the molecule is COc1ccc(N(CN2CCCC2=O)C(=O)c2ccc(OC)cc2OC)cc1. The monoisotopic (exact) mass is 384 g/mol. The molecule has 7 heteroatoms. The molecule has 0 N–H and O–H groups in total. The first-order valence-corrected chi connectivity index (χ1v) is 9.03. The van der Waals surface area contributed by atoms with Gasteiger partial charge in [-0.3, -0.25) is 14.5 Å². The van der Waals surface area contributed by atoms with Crippen molar-refractivity contribution in [2.75, 3.05) is 39.4 Å². The van der Waals surface area contributed by atoms with E-state index in [1.165, 1.54) is 7.11 Å². The molecule has 0 spiro atoms. The molecule has 7 nitrogen and oxygen atoms in total. The summed E-state index contributed by atoms with van der Waals surface area (Å²) in [6, 6.07) is 12.2. The van der Waals surface area contributed by atoms with Crippen LogP contribution in [-0.4, -0.2) is 51.3 Å². The van der Waals surface area contributed by atoms with Crippen molar-refractivity contribution in [3.05, 3.63) is 48.0 Å². The fraction of sp³-hybridized carbons (Fsp3) is 0.333. The summed E-state index contributed by atoms with van der Waals surface area (Å²) in [4.78, 5) is 28.8. The number of benzene rings is 2. The van der Waals surface area contributed by atoms with Crippen LogP contribution in [0, 0.1) is 0 Å². The van der Waals surface area contributed by atoms with Crippen molar-refractivity contribution < 1.29 is 23.8 Å². The zero-order chi connectivity index (χ0) is 20.1. The lowest BCUT2D eigenvalue weighted by Crippen LogP contribution is -2.42. The summed E-state index contributed by atoms with van der Waals surface area (Å²) in [7, 11) is 4.65. The Bertz CT molecular complexity index is 850. The van der Waals surface area contributed by atoms with E-state index in [-0.39, 0.29) is 18.5 Å². The second-order valence-corrected chi connectivity index (χ2v) is 6.40. The summed E-state index contributed by atoms with van der Waals surface area (Å²) >= 11 is 0. The molecular weight excluding hydrogens is 360 g/mol. The largest absolute Gasteiger partial charge is 0.497 e. The Labute approximate surface area is 164 Å². The highest BCUT2D eigenvalue weighted by Gasteiger charge is 2.28. The number of amides is 2. The van der Waals surface area contributed by atoms with Crippen molar-refractivity contribution in [2.24, 2.45) is 0 Å². The highest BCUT2D eigenvalue weighted by molar-refractivity contribution is 6.08. The van der Waals surface area contributed by atoms with E-state index in [0.29, 0.717) is 41.5 Å². The number of hydrogen-bond acceptors (Lipinski definition) is 5. The van der Waals surface area contributed by atoms with Crippen molar-refractivity contribution in [3.8, 4) is 17.2 Å². The molecule has 1 saturated heterocycles. The number of methoxy groups -OCH3 is 3. The van der Waals surface area contributed by atoms with E-state index in [1.54, 1.807) is 66.5 Å². The molecule has 1 aliphatic rings. The minimum atomic E-state index is -0.260. The number of rotatable bonds is 7. The van der Waals surface area contributed by atoms with Gasteiger partial charge in [0, 0.05) is 24.7 Å². The van der Waals surface area contributed by atoms with Crippen LogP contribution >= 0.6 is 0 Å². The van der Waals surface area contributed by atoms with E-state index in [2.05, 4.69) is 0 Å². The fourth-order valence-electron chi connectivity index (χ4n) is 3.17. The Morgan fingerprint density at radius 2 is 1.68 bits per heavy atom. The molecule has 3 rings (SSSR count). The van der Waals surface area contributed by atoms with Crippen LogP contribution in [0.25, 0.3) is 0 Å². The van der Waals surface area contributed by atoms with Gasteiger partial charge in [0.05, 0.1) is 26.9 Å². The molecule has 2 amide bonds. The summed E-state index contributed by atoms with van der Waals surface area (Å²) in [6.07, 6.45) is 1.31. The Kier molecular flexibility index (Phi) is 6.03. The number of ether oxygens (including phenoxy) is 3. The van der Waals surface area contributed by atoms with E-state index in [1.807, 2.05) is 0 Å². The first-order valence-electron chi connectivity index (χ1n) is 9.03. The first kappa shape index (κ1) is 19.5. The number of carbonyl (C=O) groups is 2. The highest BCUT2D eigenvalue weighted by Crippen LogP contribution is 2.29. The van der Waals surface area contributed by atoms with Crippen LogP contribution in [0.1, 0.15) is 23.2 Å². The van der Waals surface area contributed by atoms with Gasteiger partial charge < -0.3 is 19.1 Å². The molecule has 0 radical (unpaired) electrons. The van der Waals surface area contributed by atoms with Crippen molar-refractivity contribution in [1.29, 1.82) is 0 Å². The van der Waals surface area contributed by atoms with Gasteiger partial charge in [-0.25, -0.2) is 0 Å². The summed E-state index contributed by atoms with van der Waals surface area (Å²) in [5.41, 5.74) is 1.06. The van der Waals surface area contributed by atoms with Crippen molar-refractivity contribution in [3.63, 3.8) is 0 Å². The Morgan fingerprint density at radius 1 is 1.00 bits per heavy atom. The average Bonchev–Trinajstić information content (AvgIpc) is 3.15. The lowest BCUT2D eigenvalue weighted by Gasteiger charge is -2.28. The maximum Gasteiger partial charge on any atom is 0.263 e. The minimum absolute atomic E-state index is 0.0491. The standard InChI is InChI=1S/C21H24N2O5/c1-26-16-8-6-15(7-9-16)23(14-22-12-4-5-20(22)24)21(25)18-11-10-17(27-2)13-19(18)28-3/h6-11,13H,4-5,12,14H2,1-3H3. The van der Waals surface area contributed by atoms with E-state index < -0.39 is 0 Å². The quantitative estimate of drug-likeness (QED) is 0.734. The Balaban J connectivity index is 1.97. The normalized spacial score (nSPS) is 13.4. The molecule has 0 saturated carbocycles. The van der Waals surface area contributed by atoms with Gasteiger partial charge in [-0.05, 0) is 42.8 Å². The van der Waals surface area contributed by atoms with Crippen molar-refractivity contribution >= 4 is 17.5 Å². The predicted octanol–water partition coefficient (Wildman–Crippen LogP) is 2.94. The molecule has 1 aliphatic heterocycles. The molecule has 0 aliphatic carbocycles. The zero-order valence-corrected chi connectivity index (χ0v) is 16.3. The Morgan fingerprint density at radius 3 is 2.25 bits per heavy atom. The van der Waals surface area contributed by atoms with Crippen LogP contribution in [0.2, 0.25) is 0 Å². The molecule has 0 atom stereocenters. The highest BCUT2D eigenvalue weighted by atomic mass is 16.5. The van der Waals surface area contributed by atoms with Crippen LogP contribution in [-0.2, 0) is 4.79 Å². The molecule has 0 aromatic heterocycles. The van der Waals surface area contributed by atoms with Gasteiger partial charge in [-0.2, -0.15) is 0 Å². The molecule has 1 fully saturated rings. The van der Waals surface area contributed by atoms with Crippen LogP contribution in [0.15, 0.2) is 42.5 Å².